The molecule has 1 saturated carbocycles. The monoisotopic (exact) mass is 973 g/mol. The minimum absolute atomic E-state index is 0.104. The van der Waals surface area contributed by atoms with Crippen molar-refractivity contribution < 1.29 is 90.6 Å². The van der Waals surface area contributed by atoms with Crippen LogP contribution in [0.25, 0.3) is 0 Å². The number of hydrogen-bond acceptors (Lipinski definition) is 19. The van der Waals surface area contributed by atoms with Gasteiger partial charge in [0.15, 0.2) is 36.6 Å². The van der Waals surface area contributed by atoms with Crippen LogP contribution in [0.3, 0.4) is 0 Å². The first-order chi connectivity index (χ1) is 32.5. The Hall–Kier alpha value is -6.60. The van der Waals surface area contributed by atoms with Gasteiger partial charge in [0.2, 0.25) is 5.91 Å². The molecule has 0 spiro atoms. The highest BCUT2D eigenvalue weighted by Crippen LogP contribution is 2.41. The highest BCUT2D eigenvalue weighted by molar-refractivity contribution is 5.84. The number of allylic oxidation sites excluding steroid dienone is 2. The van der Waals surface area contributed by atoms with E-state index in [0.717, 1.165) is 26.3 Å². The van der Waals surface area contributed by atoms with Crippen molar-refractivity contribution in [1.29, 1.82) is 0 Å². The molecular formula is C49H67NO19. The predicted molar refractivity (Wildman–Crippen MR) is 242 cm³/mol. The van der Waals surface area contributed by atoms with Crippen LogP contribution in [0.4, 0.5) is 0 Å². The van der Waals surface area contributed by atoms with Crippen LogP contribution in [-0.2, 0) is 97.0 Å². The molecule has 1 aromatic carbocycles. The molecule has 1 fully saturated rings. The average Bonchev–Trinajstić information content (AvgIpc) is 3.58. The van der Waals surface area contributed by atoms with Crippen molar-refractivity contribution in [3.05, 3.63) is 60.2 Å². The van der Waals surface area contributed by atoms with Crippen molar-refractivity contribution in [2.75, 3.05) is 6.54 Å². The van der Waals surface area contributed by atoms with E-state index in [0.29, 0.717) is 25.8 Å². The molecule has 0 aliphatic heterocycles. The van der Waals surface area contributed by atoms with Gasteiger partial charge in [-0.25, -0.2) is 28.8 Å². The van der Waals surface area contributed by atoms with Gasteiger partial charge in [0.25, 0.3) is 0 Å². The summed E-state index contributed by atoms with van der Waals surface area (Å²) in [5.41, 5.74) is 0.903. The Balaban J connectivity index is 2.61. The molecule has 0 saturated heterocycles. The molecule has 1 aliphatic rings. The molecule has 1 N–H and O–H groups in total. The Morgan fingerprint density at radius 2 is 1.04 bits per heavy atom. The molecule has 0 unspecified atom stereocenters. The number of ether oxygens (including phenoxy) is 9. The zero-order chi connectivity index (χ0) is 51.8. The molecule has 20 heteroatoms. The van der Waals surface area contributed by atoms with Gasteiger partial charge in [-0.1, -0.05) is 48.6 Å². The summed E-state index contributed by atoms with van der Waals surface area (Å²) in [5, 5.41) is 2.74. The molecular weight excluding hydrogens is 907 g/mol. The molecule has 1 aliphatic carbocycles. The van der Waals surface area contributed by atoms with Crippen LogP contribution in [0, 0.1) is 11.8 Å². The zero-order valence-electron chi connectivity index (χ0n) is 41.0. The van der Waals surface area contributed by atoms with E-state index in [-0.39, 0.29) is 31.6 Å². The molecule has 11 atom stereocenters. The van der Waals surface area contributed by atoms with Crippen LogP contribution < -0.4 is 5.32 Å². The Kier molecular flexibility index (Phi) is 25.5. The lowest BCUT2D eigenvalue weighted by molar-refractivity contribution is -0.180. The van der Waals surface area contributed by atoms with Crippen molar-refractivity contribution in [2.24, 2.45) is 11.8 Å². The quantitative estimate of drug-likeness (QED) is 0.0552. The standard InChI is InChI=1S/C49H67NO19/c1-11-50-43(54)22-18-13-12-17-21-39-40(26-25-38(24-23-37-19-15-14-16-20-37)67-47(58)31(5)64-44(55)28(2)61-34(8)51)42(69-49(60)33(7)66-46(57)30(4)63-36(10)53)27-41(39)68-48(59)32(6)65-45(56)29(3)62-35(9)52/h12,14-17,19-20,25-26,28-33,38-42H,11,13,18,21-24,27H2,1-10H3,(H,50,54)/b17-12-,26-25+/t28-,29-,30-,31-,32-,33-,38-,39+,40+,41-,42+/m0/s1. The number of carbonyl (C=O) groups excluding carboxylic acids is 10. The van der Waals surface area contributed by atoms with Crippen LogP contribution >= 0.6 is 0 Å². The van der Waals surface area contributed by atoms with Gasteiger partial charge in [-0.2, -0.15) is 0 Å². The van der Waals surface area contributed by atoms with E-state index in [9.17, 15) is 47.9 Å². The summed E-state index contributed by atoms with van der Waals surface area (Å²) < 4.78 is 48.2. The highest BCUT2D eigenvalue weighted by Gasteiger charge is 2.47. The molecule has 0 heterocycles. The van der Waals surface area contributed by atoms with Crippen LogP contribution in [0.5, 0.6) is 0 Å². The topological polar surface area (TPSA) is 266 Å². The molecule has 2 rings (SSSR count). The second-order valence-electron chi connectivity index (χ2n) is 16.4. The third-order valence-corrected chi connectivity index (χ3v) is 10.4. The molecule has 69 heavy (non-hydrogen) atoms. The van der Waals surface area contributed by atoms with E-state index in [2.05, 4.69) is 5.32 Å². The number of rotatable bonds is 27. The molecule has 0 aromatic heterocycles. The summed E-state index contributed by atoms with van der Waals surface area (Å²) in [4.78, 5) is 125. The SMILES string of the molecule is CCNC(=O)CCC/C=C\C[C@@H]1[C@@H](/C=C/[C@H](CCc2ccccc2)OC(=O)[C@H](C)OC(=O)[C@H](C)OC(C)=O)[C@H](OC(=O)[C@H](C)OC(=O)[C@H](C)OC(C)=O)C[C@@H]1OC(=O)[C@H](C)OC(=O)[C@H](C)OC(C)=O. The van der Waals surface area contributed by atoms with Gasteiger partial charge >= 0.3 is 53.7 Å². The molecule has 1 amide bonds. The number of esters is 9. The molecule has 0 radical (unpaired) electrons. The third-order valence-electron chi connectivity index (χ3n) is 10.4. The first-order valence-corrected chi connectivity index (χ1v) is 22.9. The van der Waals surface area contributed by atoms with Gasteiger partial charge in [-0.05, 0) is 92.2 Å². The lowest BCUT2D eigenvalue weighted by atomic mass is 9.89. The fourth-order valence-corrected chi connectivity index (χ4v) is 6.94. The van der Waals surface area contributed by atoms with Gasteiger partial charge in [0, 0.05) is 52.0 Å². The van der Waals surface area contributed by atoms with Crippen molar-refractivity contribution in [2.45, 2.75) is 169 Å². The van der Waals surface area contributed by atoms with Gasteiger partial charge < -0.3 is 47.9 Å². The minimum Gasteiger partial charge on any atom is -0.459 e. The smallest absolute Gasteiger partial charge is 0.347 e. The number of benzene rings is 1. The van der Waals surface area contributed by atoms with Crippen molar-refractivity contribution in [1.82, 2.24) is 5.32 Å². The Morgan fingerprint density at radius 1 is 0.594 bits per heavy atom. The van der Waals surface area contributed by atoms with E-state index in [4.69, 9.17) is 42.6 Å². The second kappa shape index (κ2) is 30.0. The van der Waals surface area contributed by atoms with Gasteiger partial charge in [-0.3, -0.25) is 19.2 Å². The maximum absolute atomic E-state index is 13.7. The number of hydrogen-bond donors (Lipinski definition) is 1. The number of nitrogens with one attached hydrogen (secondary N) is 1. The van der Waals surface area contributed by atoms with Crippen LogP contribution in [0.2, 0.25) is 0 Å². The maximum atomic E-state index is 13.7. The van der Waals surface area contributed by atoms with E-state index in [1.54, 1.807) is 12.2 Å². The lowest BCUT2D eigenvalue weighted by Crippen LogP contribution is -2.35. The molecule has 382 valence electrons. The summed E-state index contributed by atoms with van der Waals surface area (Å²) >= 11 is 0. The summed E-state index contributed by atoms with van der Waals surface area (Å²) in [5.74, 6) is -9.73. The van der Waals surface area contributed by atoms with Crippen LogP contribution in [0.15, 0.2) is 54.6 Å². The third kappa shape index (κ3) is 21.9. The molecule has 1 aromatic rings. The van der Waals surface area contributed by atoms with Gasteiger partial charge in [0.1, 0.15) is 18.3 Å². The number of unbranched alkanes of at least 4 members (excludes halogenated alkanes) is 1. The summed E-state index contributed by atoms with van der Waals surface area (Å²) in [6.07, 6.45) is -2.59. The fraction of sp³-hybridized carbons (Fsp3) is 0.592. The lowest BCUT2D eigenvalue weighted by Gasteiger charge is -2.25. The van der Waals surface area contributed by atoms with Crippen molar-refractivity contribution >= 4 is 59.6 Å². The first kappa shape index (κ1) is 58.5. The maximum Gasteiger partial charge on any atom is 0.347 e. The van der Waals surface area contributed by atoms with Crippen molar-refractivity contribution in [3.63, 3.8) is 0 Å². The Labute approximate surface area is 402 Å². The number of aryl methyl sites for hydroxylation is 1. The summed E-state index contributed by atoms with van der Waals surface area (Å²) in [6.45, 7) is 13.3. The summed E-state index contributed by atoms with van der Waals surface area (Å²) in [6, 6.07) is 9.28. The first-order valence-electron chi connectivity index (χ1n) is 22.9. The largest absolute Gasteiger partial charge is 0.459 e. The van der Waals surface area contributed by atoms with E-state index >= 15 is 0 Å². The van der Waals surface area contributed by atoms with E-state index in [1.165, 1.54) is 41.5 Å². The van der Waals surface area contributed by atoms with E-state index < -0.39 is 120 Å². The van der Waals surface area contributed by atoms with Crippen LogP contribution in [0.1, 0.15) is 113 Å². The van der Waals surface area contributed by atoms with Gasteiger partial charge in [-0.15, -0.1) is 0 Å². The van der Waals surface area contributed by atoms with Crippen LogP contribution in [-0.4, -0.2) is 121 Å². The average molecular weight is 974 g/mol. The number of carbonyl (C=O) groups is 10. The number of amides is 1. The minimum atomic E-state index is -1.50. The second-order valence-corrected chi connectivity index (χ2v) is 16.4. The Morgan fingerprint density at radius 3 is 1.52 bits per heavy atom. The molecule has 20 nitrogen and oxygen atoms in total. The predicted octanol–water partition coefficient (Wildman–Crippen LogP) is 4.45. The normalized spacial score (nSPS) is 19.6. The van der Waals surface area contributed by atoms with Gasteiger partial charge in [0.05, 0.1) is 0 Å². The van der Waals surface area contributed by atoms with Crippen molar-refractivity contribution in [3.8, 4) is 0 Å². The Bertz CT molecular complexity index is 1980. The highest BCUT2D eigenvalue weighted by atomic mass is 16.6. The summed E-state index contributed by atoms with van der Waals surface area (Å²) in [7, 11) is 0. The zero-order valence-corrected chi connectivity index (χ0v) is 41.0. The van der Waals surface area contributed by atoms with E-state index in [1.807, 2.05) is 49.4 Å². The molecule has 0 bridgehead atoms. The fourth-order valence-electron chi connectivity index (χ4n) is 6.94.